The average Bonchev–Trinajstić information content (AvgIpc) is 3.05. The minimum atomic E-state index is -0.543. The minimum absolute atomic E-state index is 0.0136. The molecule has 0 unspecified atom stereocenters. The van der Waals surface area contributed by atoms with Gasteiger partial charge < -0.3 is 10.6 Å². The number of carbonyl (C=O) groups excluding carboxylic acids is 2. The predicted molar refractivity (Wildman–Crippen MR) is 88.7 cm³/mol. The summed E-state index contributed by atoms with van der Waals surface area (Å²) in [7, 11) is 0. The molecule has 0 saturated carbocycles. The van der Waals surface area contributed by atoms with Crippen LogP contribution in [0.4, 0.5) is 0 Å². The first-order valence-corrected chi connectivity index (χ1v) is 8.12. The molecule has 116 valence electrons. The first kappa shape index (κ1) is 16.2. The fourth-order valence-electron chi connectivity index (χ4n) is 2.05. The average molecular weight is 316 g/mol. The lowest BCUT2D eigenvalue weighted by atomic mass is 10.0. The van der Waals surface area contributed by atoms with Crippen molar-refractivity contribution in [1.82, 2.24) is 10.6 Å². The van der Waals surface area contributed by atoms with E-state index >= 15 is 0 Å². The first-order chi connectivity index (χ1) is 10.6. The van der Waals surface area contributed by atoms with Gasteiger partial charge in [0, 0.05) is 6.54 Å². The summed E-state index contributed by atoms with van der Waals surface area (Å²) in [5.74, 6) is -0.355. The minimum Gasteiger partial charge on any atom is -0.350 e. The van der Waals surface area contributed by atoms with Crippen LogP contribution in [0.25, 0.3) is 0 Å². The van der Waals surface area contributed by atoms with E-state index in [4.69, 9.17) is 0 Å². The van der Waals surface area contributed by atoms with E-state index in [0.29, 0.717) is 11.4 Å². The fourth-order valence-corrected chi connectivity index (χ4v) is 2.68. The van der Waals surface area contributed by atoms with Gasteiger partial charge in [-0.3, -0.25) is 9.59 Å². The number of rotatable bonds is 6. The van der Waals surface area contributed by atoms with E-state index in [1.54, 1.807) is 6.07 Å². The number of nitrogens with one attached hydrogen (secondary N) is 2. The SMILES string of the molecule is CC(C)[C@H](NC(=O)c1cccs1)C(=O)NCc1ccccc1. The molecule has 0 bridgehead atoms. The Morgan fingerprint density at radius 1 is 1.09 bits per heavy atom. The fraction of sp³-hybridized carbons (Fsp3) is 0.294. The Morgan fingerprint density at radius 2 is 1.82 bits per heavy atom. The smallest absolute Gasteiger partial charge is 0.262 e. The van der Waals surface area contributed by atoms with E-state index in [-0.39, 0.29) is 17.7 Å². The molecule has 4 nitrogen and oxygen atoms in total. The largest absolute Gasteiger partial charge is 0.350 e. The molecule has 1 heterocycles. The van der Waals surface area contributed by atoms with Gasteiger partial charge in [0.05, 0.1) is 4.88 Å². The molecule has 0 aliphatic heterocycles. The molecule has 0 aliphatic rings. The predicted octanol–water partition coefficient (Wildman–Crippen LogP) is 2.82. The number of amides is 2. The zero-order valence-corrected chi connectivity index (χ0v) is 13.5. The molecule has 0 spiro atoms. The Morgan fingerprint density at radius 3 is 2.41 bits per heavy atom. The van der Waals surface area contributed by atoms with E-state index in [0.717, 1.165) is 5.56 Å². The maximum Gasteiger partial charge on any atom is 0.262 e. The van der Waals surface area contributed by atoms with Gasteiger partial charge in [-0.1, -0.05) is 50.2 Å². The molecule has 0 aliphatic carbocycles. The van der Waals surface area contributed by atoms with Gasteiger partial charge in [-0.05, 0) is 22.9 Å². The molecule has 22 heavy (non-hydrogen) atoms. The second kappa shape index (κ2) is 7.75. The van der Waals surface area contributed by atoms with Crippen molar-refractivity contribution in [2.75, 3.05) is 0 Å². The van der Waals surface area contributed by atoms with E-state index in [1.165, 1.54) is 11.3 Å². The number of carbonyl (C=O) groups is 2. The molecule has 0 saturated heterocycles. The lowest BCUT2D eigenvalue weighted by Crippen LogP contribution is -2.49. The molecule has 0 fully saturated rings. The van der Waals surface area contributed by atoms with Gasteiger partial charge in [0.2, 0.25) is 5.91 Å². The summed E-state index contributed by atoms with van der Waals surface area (Å²) in [6, 6.07) is 12.7. The van der Waals surface area contributed by atoms with Gasteiger partial charge in [-0.2, -0.15) is 0 Å². The quantitative estimate of drug-likeness (QED) is 0.861. The molecule has 5 heteroatoms. The van der Waals surface area contributed by atoms with Crippen LogP contribution < -0.4 is 10.6 Å². The van der Waals surface area contributed by atoms with Gasteiger partial charge in [0.15, 0.2) is 0 Å². The number of hydrogen-bond donors (Lipinski definition) is 2. The van der Waals surface area contributed by atoms with Crippen molar-refractivity contribution in [3.63, 3.8) is 0 Å². The molecule has 2 amide bonds. The number of benzene rings is 1. The van der Waals surface area contributed by atoms with Crippen LogP contribution in [0.15, 0.2) is 47.8 Å². The summed E-state index contributed by atoms with van der Waals surface area (Å²) in [6.45, 7) is 4.29. The number of hydrogen-bond acceptors (Lipinski definition) is 3. The van der Waals surface area contributed by atoms with Gasteiger partial charge in [0.1, 0.15) is 6.04 Å². The highest BCUT2D eigenvalue weighted by Crippen LogP contribution is 2.10. The van der Waals surface area contributed by atoms with E-state index in [9.17, 15) is 9.59 Å². The van der Waals surface area contributed by atoms with Crippen LogP contribution in [-0.2, 0) is 11.3 Å². The summed E-state index contributed by atoms with van der Waals surface area (Å²) in [5.41, 5.74) is 1.03. The van der Waals surface area contributed by atoms with Crippen LogP contribution in [0, 0.1) is 5.92 Å². The van der Waals surface area contributed by atoms with Crippen LogP contribution >= 0.6 is 11.3 Å². The topological polar surface area (TPSA) is 58.2 Å². The van der Waals surface area contributed by atoms with Crippen LogP contribution in [0.5, 0.6) is 0 Å². The Balaban J connectivity index is 1.95. The third kappa shape index (κ3) is 4.43. The Labute approximate surface area is 134 Å². The van der Waals surface area contributed by atoms with Gasteiger partial charge in [0.25, 0.3) is 5.91 Å². The zero-order valence-electron chi connectivity index (χ0n) is 12.7. The van der Waals surface area contributed by atoms with Crippen molar-refractivity contribution < 1.29 is 9.59 Å². The maximum atomic E-state index is 12.3. The lowest BCUT2D eigenvalue weighted by Gasteiger charge is -2.21. The highest BCUT2D eigenvalue weighted by Gasteiger charge is 2.24. The molecular formula is C17H20N2O2S. The van der Waals surface area contributed by atoms with Crippen molar-refractivity contribution in [1.29, 1.82) is 0 Å². The lowest BCUT2D eigenvalue weighted by molar-refractivity contribution is -0.124. The third-order valence-corrected chi connectivity index (χ3v) is 4.16. The first-order valence-electron chi connectivity index (χ1n) is 7.24. The van der Waals surface area contributed by atoms with Gasteiger partial charge >= 0.3 is 0 Å². The van der Waals surface area contributed by atoms with E-state index in [2.05, 4.69) is 10.6 Å². The summed E-state index contributed by atoms with van der Waals surface area (Å²) >= 11 is 1.36. The van der Waals surface area contributed by atoms with Crippen molar-refractivity contribution in [2.24, 2.45) is 5.92 Å². The maximum absolute atomic E-state index is 12.3. The molecule has 0 radical (unpaired) electrons. The summed E-state index contributed by atoms with van der Waals surface area (Å²) in [4.78, 5) is 25.1. The number of thiophene rings is 1. The van der Waals surface area contributed by atoms with Crippen molar-refractivity contribution in [2.45, 2.75) is 26.4 Å². The Kier molecular flexibility index (Phi) is 5.72. The summed E-state index contributed by atoms with van der Waals surface area (Å²) < 4.78 is 0. The second-order valence-corrected chi connectivity index (χ2v) is 6.32. The van der Waals surface area contributed by atoms with Crippen LogP contribution in [0.3, 0.4) is 0 Å². The third-order valence-electron chi connectivity index (χ3n) is 3.29. The highest BCUT2D eigenvalue weighted by atomic mass is 32.1. The Bertz CT molecular complexity index is 609. The van der Waals surface area contributed by atoms with Crippen molar-refractivity contribution in [3.8, 4) is 0 Å². The second-order valence-electron chi connectivity index (χ2n) is 5.38. The molecule has 1 atom stereocenters. The summed E-state index contributed by atoms with van der Waals surface area (Å²) in [6.07, 6.45) is 0. The zero-order chi connectivity index (χ0) is 15.9. The molecule has 2 aromatic rings. The van der Waals surface area contributed by atoms with Gasteiger partial charge in [-0.25, -0.2) is 0 Å². The van der Waals surface area contributed by atoms with Crippen LogP contribution in [0.2, 0.25) is 0 Å². The Hall–Kier alpha value is -2.14. The molecule has 1 aromatic heterocycles. The molecule has 1 aromatic carbocycles. The highest BCUT2D eigenvalue weighted by molar-refractivity contribution is 7.12. The standard InChI is InChI=1S/C17H20N2O2S/c1-12(2)15(19-16(20)14-9-6-10-22-14)17(21)18-11-13-7-4-3-5-8-13/h3-10,12,15H,11H2,1-2H3,(H,18,21)(H,19,20)/t15-/m0/s1. The van der Waals surface area contributed by atoms with Crippen molar-refractivity contribution in [3.05, 3.63) is 58.3 Å². The summed E-state index contributed by atoms with van der Waals surface area (Å²) in [5, 5.41) is 7.54. The van der Waals surface area contributed by atoms with E-state index in [1.807, 2.05) is 55.6 Å². The van der Waals surface area contributed by atoms with Gasteiger partial charge in [-0.15, -0.1) is 11.3 Å². The monoisotopic (exact) mass is 316 g/mol. The molecular weight excluding hydrogens is 296 g/mol. The van der Waals surface area contributed by atoms with E-state index < -0.39 is 6.04 Å². The van der Waals surface area contributed by atoms with Crippen LogP contribution in [-0.4, -0.2) is 17.9 Å². The molecule has 2 N–H and O–H groups in total. The van der Waals surface area contributed by atoms with Crippen LogP contribution in [0.1, 0.15) is 29.1 Å². The normalized spacial score (nSPS) is 12.0. The van der Waals surface area contributed by atoms with Crippen molar-refractivity contribution >= 4 is 23.2 Å². The molecule has 2 rings (SSSR count).